The number of aromatic carboxylic acids is 1. The van der Waals surface area contributed by atoms with Gasteiger partial charge in [-0.1, -0.05) is 18.6 Å². The molecule has 0 bridgehead atoms. The Labute approximate surface area is 112 Å². The first-order chi connectivity index (χ1) is 8.50. The van der Waals surface area contributed by atoms with Crippen LogP contribution in [0, 0.1) is 6.92 Å². The minimum Gasteiger partial charge on any atom is -0.478 e. The lowest BCUT2D eigenvalue weighted by Crippen LogP contribution is -2.45. The molecule has 1 saturated heterocycles. The van der Waals surface area contributed by atoms with Gasteiger partial charge in [-0.15, -0.1) is 0 Å². The van der Waals surface area contributed by atoms with E-state index in [0.29, 0.717) is 16.9 Å². The average molecular weight is 265 g/mol. The van der Waals surface area contributed by atoms with Crippen LogP contribution in [0.3, 0.4) is 0 Å². The summed E-state index contributed by atoms with van der Waals surface area (Å²) in [5.41, 5.74) is 2.26. The fraction of sp³-hybridized carbons (Fsp3) is 0.500. The second-order valence-electron chi connectivity index (χ2n) is 4.84. The highest BCUT2D eigenvalue weighted by Crippen LogP contribution is 2.31. The molecule has 2 rings (SSSR count). The van der Waals surface area contributed by atoms with Crippen molar-refractivity contribution >= 4 is 23.4 Å². The number of hydrogen-bond acceptors (Lipinski definition) is 3. The van der Waals surface area contributed by atoms with Crippen LogP contribution in [0.2, 0.25) is 0 Å². The van der Waals surface area contributed by atoms with Crippen molar-refractivity contribution in [3.8, 4) is 0 Å². The number of hydrogen-bond donors (Lipinski definition) is 1. The van der Waals surface area contributed by atoms with Crippen molar-refractivity contribution in [2.24, 2.45) is 0 Å². The summed E-state index contributed by atoms with van der Waals surface area (Å²) in [4.78, 5) is 13.6. The molecule has 0 amide bonds. The molecular weight excluding hydrogens is 246 g/mol. The highest BCUT2D eigenvalue weighted by atomic mass is 32.2. The first-order valence-corrected chi connectivity index (χ1v) is 7.27. The number of carboxylic acids is 1. The number of thioether (sulfide) groups is 1. The van der Waals surface area contributed by atoms with Crippen LogP contribution in [0.1, 0.15) is 29.8 Å². The van der Waals surface area contributed by atoms with Gasteiger partial charge < -0.3 is 10.0 Å². The number of benzene rings is 1. The molecule has 2 atom stereocenters. The van der Waals surface area contributed by atoms with Crippen LogP contribution in [0.4, 0.5) is 5.69 Å². The van der Waals surface area contributed by atoms with E-state index in [1.165, 1.54) is 0 Å². The van der Waals surface area contributed by atoms with Crippen molar-refractivity contribution in [3.05, 3.63) is 29.3 Å². The van der Waals surface area contributed by atoms with Gasteiger partial charge in [0, 0.05) is 23.6 Å². The molecule has 1 N–H and O–H groups in total. The molecule has 1 aliphatic rings. The minimum absolute atomic E-state index is 0.365. The molecule has 18 heavy (non-hydrogen) atoms. The summed E-state index contributed by atoms with van der Waals surface area (Å²) in [6.07, 6.45) is 0. The Morgan fingerprint density at radius 2 is 2.17 bits per heavy atom. The van der Waals surface area contributed by atoms with E-state index in [4.69, 9.17) is 0 Å². The summed E-state index contributed by atoms with van der Waals surface area (Å²) < 4.78 is 0. The molecule has 0 spiro atoms. The molecule has 2 unspecified atom stereocenters. The molecule has 4 heteroatoms. The normalized spacial score (nSPS) is 24.1. The molecule has 98 valence electrons. The van der Waals surface area contributed by atoms with Gasteiger partial charge >= 0.3 is 5.97 Å². The predicted octanol–water partition coefficient (Wildman–Crippen LogP) is 3.02. The van der Waals surface area contributed by atoms with Gasteiger partial charge in [-0.3, -0.25) is 0 Å². The van der Waals surface area contributed by atoms with Crippen molar-refractivity contribution in [3.63, 3.8) is 0 Å². The van der Waals surface area contributed by atoms with E-state index < -0.39 is 5.97 Å². The largest absolute Gasteiger partial charge is 0.478 e. The Morgan fingerprint density at radius 1 is 1.44 bits per heavy atom. The summed E-state index contributed by atoms with van der Waals surface area (Å²) in [5, 5.41) is 9.87. The van der Waals surface area contributed by atoms with Crippen LogP contribution in [0.25, 0.3) is 0 Å². The van der Waals surface area contributed by atoms with Crippen LogP contribution in [-0.4, -0.2) is 34.7 Å². The van der Waals surface area contributed by atoms with Crippen molar-refractivity contribution < 1.29 is 9.90 Å². The highest BCUT2D eigenvalue weighted by Gasteiger charge is 2.27. The number of nitrogens with zero attached hydrogens (tertiary/aromatic N) is 1. The third-order valence-electron chi connectivity index (χ3n) is 3.58. The van der Waals surface area contributed by atoms with Gasteiger partial charge in [-0.05, 0) is 26.0 Å². The standard InChI is InChI=1S/C14H19NO2S/c1-9-4-5-13(12(8-9)14(16)17)15-6-7-18-11(3)10(15)2/h4-5,8,10-11H,6-7H2,1-3H3,(H,16,17). The van der Waals surface area contributed by atoms with Gasteiger partial charge in [0.2, 0.25) is 0 Å². The van der Waals surface area contributed by atoms with Gasteiger partial charge in [0.15, 0.2) is 0 Å². The van der Waals surface area contributed by atoms with Crippen LogP contribution in [-0.2, 0) is 0 Å². The van der Waals surface area contributed by atoms with Crippen molar-refractivity contribution in [1.82, 2.24) is 0 Å². The monoisotopic (exact) mass is 265 g/mol. The van der Waals surface area contributed by atoms with E-state index in [-0.39, 0.29) is 0 Å². The second kappa shape index (κ2) is 5.22. The van der Waals surface area contributed by atoms with E-state index in [2.05, 4.69) is 18.7 Å². The Kier molecular flexibility index (Phi) is 3.85. The number of carboxylic acid groups (broad SMARTS) is 1. The molecule has 1 heterocycles. The summed E-state index contributed by atoms with van der Waals surface area (Å²) in [5.74, 6) is 0.213. The molecule has 0 aliphatic carbocycles. The van der Waals surface area contributed by atoms with Crippen LogP contribution >= 0.6 is 11.8 Å². The topological polar surface area (TPSA) is 40.5 Å². The van der Waals surface area contributed by atoms with Crippen LogP contribution in [0.15, 0.2) is 18.2 Å². The smallest absolute Gasteiger partial charge is 0.337 e. The van der Waals surface area contributed by atoms with Gasteiger partial charge in [0.05, 0.1) is 11.3 Å². The SMILES string of the molecule is Cc1ccc(N2CCSC(C)C2C)c(C(=O)O)c1. The summed E-state index contributed by atoms with van der Waals surface area (Å²) in [7, 11) is 0. The summed E-state index contributed by atoms with van der Waals surface area (Å²) in [6, 6.07) is 6.06. The highest BCUT2D eigenvalue weighted by molar-refractivity contribution is 8.00. The van der Waals surface area contributed by atoms with Crippen molar-refractivity contribution in [2.45, 2.75) is 32.1 Å². The third kappa shape index (κ3) is 2.48. The Morgan fingerprint density at radius 3 is 2.83 bits per heavy atom. The van der Waals surface area contributed by atoms with Crippen LogP contribution < -0.4 is 4.90 Å². The Bertz CT molecular complexity index is 461. The van der Waals surface area contributed by atoms with Crippen molar-refractivity contribution in [2.75, 3.05) is 17.2 Å². The Balaban J connectivity index is 2.40. The predicted molar refractivity (Wildman–Crippen MR) is 76.9 cm³/mol. The molecule has 1 aromatic rings. The second-order valence-corrected chi connectivity index (χ2v) is 6.32. The molecule has 0 saturated carbocycles. The van der Waals surface area contributed by atoms with Gasteiger partial charge in [0.25, 0.3) is 0 Å². The molecular formula is C14H19NO2S. The number of carbonyl (C=O) groups is 1. The number of anilines is 1. The number of aryl methyl sites for hydroxylation is 1. The third-order valence-corrected chi connectivity index (χ3v) is 4.91. The van der Waals surface area contributed by atoms with E-state index >= 15 is 0 Å². The molecule has 1 aromatic carbocycles. The average Bonchev–Trinajstić information content (AvgIpc) is 2.33. The fourth-order valence-electron chi connectivity index (χ4n) is 2.34. The zero-order chi connectivity index (χ0) is 13.3. The quantitative estimate of drug-likeness (QED) is 0.892. The zero-order valence-electron chi connectivity index (χ0n) is 11.0. The van der Waals surface area contributed by atoms with Gasteiger partial charge in [-0.2, -0.15) is 11.8 Å². The van der Waals surface area contributed by atoms with E-state index in [1.807, 2.05) is 30.8 Å². The maximum absolute atomic E-state index is 11.4. The Hall–Kier alpha value is -1.16. The van der Waals surface area contributed by atoms with E-state index in [0.717, 1.165) is 23.5 Å². The zero-order valence-corrected chi connectivity index (χ0v) is 11.8. The van der Waals surface area contributed by atoms with E-state index in [1.54, 1.807) is 6.07 Å². The lowest BCUT2D eigenvalue weighted by atomic mass is 10.1. The lowest BCUT2D eigenvalue weighted by molar-refractivity contribution is 0.0697. The van der Waals surface area contributed by atoms with E-state index in [9.17, 15) is 9.90 Å². The maximum atomic E-state index is 11.4. The lowest BCUT2D eigenvalue weighted by Gasteiger charge is -2.39. The molecule has 0 radical (unpaired) electrons. The summed E-state index contributed by atoms with van der Waals surface area (Å²) >= 11 is 1.95. The molecule has 0 aromatic heterocycles. The fourth-order valence-corrected chi connectivity index (χ4v) is 3.44. The summed E-state index contributed by atoms with van der Waals surface area (Å²) in [6.45, 7) is 7.21. The van der Waals surface area contributed by atoms with Crippen molar-refractivity contribution in [1.29, 1.82) is 0 Å². The molecule has 1 aliphatic heterocycles. The molecule has 3 nitrogen and oxygen atoms in total. The van der Waals surface area contributed by atoms with Gasteiger partial charge in [-0.25, -0.2) is 4.79 Å². The first kappa shape index (κ1) is 13.3. The number of rotatable bonds is 2. The first-order valence-electron chi connectivity index (χ1n) is 6.23. The van der Waals surface area contributed by atoms with Crippen LogP contribution in [0.5, 0.6) is 0 Å². The maximum Gasteiger partial charge on any atom is 0.337 e. The minimum atomic E-state index is -0.841. The van der Waals surface area contributed by atoms with Gasteiger partial charge in [0.1, 0.15) is 0 Å². The molecule has 1 fully saturated rings.